The van der Waals surface area contributed by atoms with E-state index in [2.05, 4.69) is 287 Å². The molecule has 0 radical (unpaired) electrons. The lowest BCUT2D eigenvalue weighted by Gasteiger charge is -2.41. The molecule has 756 valence electrons. The van der Waals surface area contributed by atoms with E-state index in [1.165, 1.54) is 310 Å². The van der Waals surface area contributed by atoms with Crippen molar-refractivity contribution in [2.24, 2.45) is 41.4 Å². The summed E-state index contributed by atoms with van der Waals surface area (Å²) in [6.07, 6.45) is 48.2. The van der Waals surface area contributed by atoms with Crippen LogP contribution in [0.4, 0.5) is 0 Å². The van der Waals surface area contributed by atoms with E-state index in [9.17, 15) is 0 Å². The molecule has 0 aromatic carbocycles. The number of hydrogen-bond acceptors (Lipinski definition) is 16. The van der Waals surface area contributed by atoms with Crippen molar-refractivity contribution in [3.8, 4) is 0 Å². The molecule has 18 heterocycles. The largest absolute Gasteiger partial charge is 0.305 e. The van der Waals surface area contributed by atoms with Crippen LogP contribution in [0.2, 0.25) is 0 Å². The van der Waals surface area contributed by atoms with Gasteiger partial charge in [0.1, 0.15) is 0 Å². The van der Waals surface area contributed by atoms with Crippen LogP contribution in [0.15, 0.2) is 0 Å². The van der Waals surface area contributed by atoms with Crippen molar-refractivity contribution in [2.45, 2.75) is 549 Å². The number of rotatable bonds is 10. The second-order valence-corrected chi connectivity index (χ2v) is 50.9. The number of hydrogen-bond donors (Lipinski definition) is 0. The molecule has 16 nitrogen and oxygen atoms in total. The van der Waals surface area contributed by atoms with Crippen LogP contribution in [0, 0.1) is 41.4 Å². The third-order valence-corrected chi connectivity index (χ3v) is 37.4. The van der Waals surface area contributed by atoms with Gasteiger partial charge in [-0.05, 0) is 460 Å². The predicted octanol–water partition coefficient (Wildman–Crippen LogP) is 21.0. The normalized spacial score (nSPS) is 37.9. The highest BCUT2D eigenvalue weighted by atomic mass is 15.4. The lowest BCUT2D eigenvalue weighted by atomic mass is 9.86. The molecule has 20 unspecified atom stereocenters. The highest BCUT2D eigenvalue weighted by Gasteiger charge is 2.47. The van der Waals surface area contributed by atoms with Crippen LogP contribution in [0.3, 0.4) is 0 Å². The molecule has 20 atom stereocenters. The van der Waals surface area contributed by atoms with E-state index in [1.807, 2.05) is 0 Å². The van der Waals surface area contributed by atoms with Crippen LogP contribution < -0.4 is 0 Å². The molecule has 0 spiro atoms. The maximum absolute atomic E-state index is 2.76. The quantitative estimate of drug-likeness (QED) is 0.208. The van der Waals surface area contributed by atoms with Gasteiger partial charge in [-0.1, -0.05) is 35.1 Å². The number of nitrogens with zero attached hydrogens (tertiary/aromatic N) is 16. The molecule has 16 heteroatoms. The molecule has 0 amide bonds. The van der Waals surface area contributed by atoms with E-state index in [1.54, 1.807) is 0 Å². The molecular weight excluding hydrogens is 1580 g/mol. The SMILES string of the molecule is C.CC(C)C.CC(C)N1C2CCC1CN(C)C2.CC(C)N1C2CCC1CN(C)CC2.CC(C)N1CC2CC1CN2C.CC(C)N1CC2CCC(C1)N2C.CC(C)N1CC2CCC1C2.CC(C)N1CC2CCC1C2.CC(C)N1CCC2CCC(C1)N2C.CC(C)N1CCC2CCC1C2.CC(C)N1CCC2CCC1CC2.CC1CC2CCC(C1)N2C(C)C.CN1CC2CCC1C2. The average molecular weight is 1810 g/mol. The Kier molecular flexibility index (Phi) is 44.7. The third kappa shape index (κ3) is 30.9. The lowest BCUT2D eigenvalue weighted by Crippen LogP contribution is -2.54. The Balaban J connectivity index is 0.000000147. The second-order valence-electron chi connectivity index (χ2n) is 50.9. The summed E-state index contributed by atoms with van der Waals surface area (Å²) < 4.78 is 0. The average Bonchev–Trinajstić information content (AvgIpc) is 1.67. The van der Waals surface area contributed by atoms with Gasteiger partial charge in [0.25, 0.3) is 0 Å². The van der Waals surface area contributed by atoms with Gasteiger partial charge in [0.15, 0.2) is 0 Å². The van der Waals surface area contributed by atoms with Crippen molar-refractivity contribution in [2.75, 3.05) is 140 Å². The Morgan fingerprint density at radius 3 is 0.907 bits per heavy atom. The molecule has 5 aliphatic carbocycles. The van der Waals surface area contributed by atoms with Gasteiger partial charge in [0.2, 0.25) is 0 Å². The fourth-order valence-corrected chi connectivity index (χ4v) is 30.5. The molecule has 0 N–H and O–H groups in total. The maximum Gasteiger partial charge on any atom is 0.0241 e. The molecule has 5 saturated carbocycles. The minimum Gasteiger partial charge on any atom is -0.305 e. The fourth-order valence-electron chi connectivity index (χ4n) is 30.5. The zero-order chi connectivity index (χ0) is 92.8. The molecule has 0 aromatic rings. The summed E-state index contributed by atoms with van der Waals surface area (Å²) in [4.78, 5) is 42.1. The van der Waals surface area contributed by atoms with E-state index in [0.29, 0.717) is 0 Å². The highest BCUT2D eigenvalue weighted by Crippen LogP contribution is 2.45. The number of piperazine rings is 3. The molecule has 23 aliphatic rings. The number of likely N-dealkylation sites (tertiary alicyclic amines) is 10. The number of fused-ring (bicyclic) bond motifs is 24. The topological polar surface area (TPSA) is 51.8 Å². The highest BCUT2D eigenvalue weighted by molar-refractivity contribution is 5.03. The second kappa shape index (κ2) is 52.2. The van der Waals surface area contributed by atoms with Gasteiger partial charge in [-0.3, -0.25) is 58.8 Å². The Morgan fingerprint density at radius 2 is 0.512 bits per heavy atom. The molecular formula is C113H224N16. The van der Waals surface area contributed by atoms with Gasteiger partial charge in [-0.15, -0.1) is 0 Å². The van der Waals surface area contributed by atoms with Gasteiger partial charge in [0, 0.05) is 235 Å². The summed E-state index contributed by atoms with van der Waals surface area (Å²) in [7, 11) is 13.6. The van der Waals surface area contributed by atoms with E-state index >= 15 is 0 Å². The summed E-state index contributed by atoms with van der Waals surface area (Å²) in [5.41, 5.74) is 0. The summed E-state index contributed by atoms with van der Waals surface area (Å²) >= 11 is 0. The minimum absolute atomic E-state index is 0. The fraction of sp³-hybridized carbons (Fsp3) is 1.00. The summed E-state index contributed by atoms with van der Waals surface area (Å²) in [6, 6.07) is 22.8. The van der Waals surface area contributed by atoms with Crippen molar-refractivity contribution >= 4 is 0 Å². The molecule has 18 aliphatic heterocycles. The van der Waals surface area contributed by atoms with Crippen LogP contribution >= 0.6 is 0 Å². The molecule has 23 rings (SSSR count). The first-order valence-electron chi connectivity index (χ1n) is 56.6. The summed E-state index contributed by atoms with van der Waals surface area (Å²) in [5, 5.41) is 0. The lowest BCUT2D eigenvalue weighted by molar-refractivity contribution is 0.0567. The van der Waals surface area contributed by atoms with Crippen LogP contribution in [0.1, 0.15) is 385 Å². The first-order valence-corrected chi connectivity index (χ1v) is 56.6. The van der Waals surface area contributed by atoms with Crippen LogP contribution in [-0.4, -0.2) is 382 Å². The van der Waals surface area contributed by atoms with Gasteiger partial charge in [-0.25, -0.2) is 0 Å². The minimum atomic E-state index is 0. The Labute approximate surface area is 804 Å². The van der Waals surface area contributed by atoms with Crippen molar-refractivity contribution in [1.29, 1.82) is 0 Å². The zero-order valence-electron chi connectivity index (χ0n) is 90.7. The van der Waals surface area contributed by atoms with Crippen molar-refractivity contribution in [3.05, 3.63) is 0 Å². The molecule has 22 bridgehead atoms. The number of piperidine rings is 5. The molecule has 129 heavy (non-hydrogen) atoms. The monoisotopic (exact) mass is 1810 g/mol. The van der Waals surface area contributed by atoms with Crippen molar-refractivity contribution in [3.63, 3.8) is 0 Å². The van der Waals surface area contributed by atoms with Crippen LogP contribution in [0.25, 0.3) is 0 Å². The number of likely N-dealkylation sites (N-methyl/N-ethyl adjacent to an activating group) is 5. The zero-order valence-corrected chi connectivity index (χ0v) is 90.7. The Hall–Kier alpha value is -0.640. The Morgan fingerprint density at radius 1 is 0.186 bits per heavy atom. The smallest absolute Gasteiger partial charge is 0.0241 e. The maximum atomic E-state index is 2.76. The standard InChI is InChI=1S/2C11H22N2.2C11H21N.2C10H20N2.C10H19N.C9H18N2.2C9H17N.C7H13N.C4H10.CH4/c1-9(2)13-7-6-10-4-5-11(8-13)12(10)3;1-9(2)13-10-4-5-11(13)8-12(3)7-6-10;1-8(2)12-10-4-5-11(12)7-9(3)6-10;1-9(2)12-8-7-10-3-5-11(12)6-4-10;1-8(2)12-6-9-4-5-10(7-12)11(9)3;1-8(2)12-9-4-5-10(12)7-11(3)6-9;1-8(2)11-6-5-9-3-4-10(11)7-9;1-7(2)11-6-8-4-9(11)5-10(8)3;2*1-7(2)10-6-8-3-4-9(10)5-8;1-8-5-6-2-3-7(8)4-6;1-4(2)3;/h2*9-11H,4-8H2,1-3H3;8-11H,4-7H2,1-3H3;9-11H,3-8H2,1-2H3;2*8-10H,4-7H2,1-3H3;8-10H,3-7H2,1-2H3;7-9H,4-6H2,1-3H3;2*7-9H,3-6H2,1-2H3;6-7H,2-5H2,1H3;4H,1-3H3;1H4. The summed E-state index contributed by atoms with van der Waals surface area (Å²) in [6.45, 7) is 75.3. The summed E-state index contributed by atoms with van der Waals surface area (Å²) in [5.74, 6) is 7.18. The molecule has 18 saturated heterocycles. The Bertz CT molecular complexity index is 2940. The van der Waals surface area contributed by atoms with Crippen LogP contribution in [0.5, 0.6) is 0 Å². The van der Waals surface area contributed by atoms with Gasteiger partial charge < -0.3 is 19.6 Å². The first-order chi connectivity index (χ1) is 60.8. The van der Waals surface area contributed by atoms with Gasteiger partial charge >= 0.3 is 0 Å². The van der Waals surface area contributed by atoms with Crippen LogP contribution in [-0.2, 0) is 0 Å². The van der Waals surface area contributed by atoms with E-state index < -0.39 is 0 Å². The predicted molar refractivity (Wildman–Crippen MR) is 560 cm³/mol. The van der Waals surface area contributed by atoms with E-state index in [4.69, 9.17) is 0 Å². The third-order valence-electron chi connectivity index (χ3n) is 37.4. The van der Waals surface area contributed by atoms with E-state index in [0.717, 1.165) is 205 Å². The molecule has 23 fully saturated rings. The van der Waals surface area contributed by atoms with Gasteiger partial charge in [0.05, 0.1) is 0 Å². The van der Waals surface area contributed by atoms with Crippen molar-refractivity contribution in [1.82, 2.24) is 78.4 Å². The van der Waals surface area contributed by atoms with Gasteiger partial charge in [-0.2, -0.15) is 0 Å². The first kappa shape index (κ1) is 110. The van der Waals surface area contributed by atoms with Crippen molar-refractivity contribution < 1.29 is 0 Å². The van der Waals surface area contributed by atoms with E-state index in [-0.39, 0.29) is 7.43 Å². The molecule has 0 aromatic heterocycles.